The average molecular weight is 308 g/mol. The van der Waals surface area contributed by atoms with Crippen LogP contribution in [-0.2, 0) is 18.8 Å². The molecule has 0 saturated heterocycles. The Kier molecular flexibility index (Phi) is 9.01. The van der Waals surface area contributed by atoms with Crippen molar-refractivity contribution in [2.45, 2.75) is 13.8 Å². The van der Waals surface area contributed by atoms with Crippen LogP contribution in [0.5, 0.6) is 0 Å². The molecule has 0 aliphatic heterocycles. The van der Waals surface area contributed by atoms with E-state index in [1.165, 1.54) is 7.11 Å². The summed E-state index contributed by atoms with van der Waals surface area (Å²) in [5, 5.41) is 2.94. The molecule has 0 aliphatic carbocycles. The number of carbonyl (C=O) groups is 2. The Balaban J connectivity index is 0.000000382. The first-order valence-electron chi connectivity index (χ1n) is 6.88. The van der Waals surface area contributed by atoms with E-state index in [9.17, 15) is 9.59 Å². The van der Waals surface area contributed by atoms with E-state index >= 15 is 0 Å². The summed E-state index contributed by atoms with van der Waals surface area (Å²) < 4.78 is 7.97. The van der Waals surface area contributed by atoms with Gasteiger partial charge in [-0.1, -0.05) is 13.8 Å². The molecule has 1 N–H and O–H groups in total. The largest absolute Gasteiger partial charge is 0.464 e. The van der Waals surface area contributed by atoms with Crippen molar-refractivity contribution in [2.24, 2.45) is 14.1 Å². The minimum atomic E-state index is -0.320. The van der Waals surface area contributed by atoms with Gasteiger partial charge in [-0.3, -0.25) is 4.79 Å². The van der Waals surface area contributed by atoms with E-state index in [2.05, 4.69) is 15.0 Å². The number of imidazole rings is 1. The highest BCUT2D eigenvalue weighted by atomic mass is 16.5. The summed E-state index contributed by atoms with van der Waals surface area (Å²) in [5.74, 6) is 0.143. The Morgan fingerprint density at radius 1 is 1.32 bits per heavy atom. The fourth-order valence-corrected chi connectivity index (χ4v) is 1.50. The summed E-state index contributed by atoms with van der Waals surface area (Å²) in [6.07, 6.45) is 5.86. The van der Waals surface area contributed by atoms with E-state index in [1.54, 1.807) is 48.7 Å². The molecule has 0 radical (unpaired) electrons. The molecule has 0 fully saturated rings. The molecule has 0 saturated carbocycles. The fraction of sp³-hybridized carbons (Fsp3) is 0.400. The van der Waals surface area contributed by atoms with Gasteiger partial charge < -0.3 is 19.2 Å². The van der Waals surface area contributed by atoms with Crippen LogP contribution in [-0.4, -0.2) is 40.5 Å². The van der Waals surface area contributed by atoms with Crippen LogP contribution >= 0.6 is 0 Å². The Hall–Kier alpha value is -2.57. The lowest BCUT2D eigenvalue weighted by molar-refractivity contribution is 0.0590. The van der Waals surface area contributed by atoms with Crippen molar-refractivity contribution in [1.29, 1.82) is 0 Å². The third kappa shape index (κ3) is 5.43. The second-order valence-corrected chi connectivity index (χ2v) is 3.98. The standard InChI is InChI=1S/C8H12N2O2.C5H6N2O.C2H6/c1-9-6-4-7(8(11)12-3)10(2)5-6;1-7-3-2-6-5(7)4-8;1-2/h4-5,9H,1-3H3;2-4H,1H3;1-2H3. The number of anilines is 1. The van der Waals surface area contributed by atoms with Crippen LogP contribution < -0.4 is 5.32 Å². The Labute approximate surface area is 130 Å². The second-order valence-electron chi connectivity index (χ2n) is 3.98. The van der Waals surface area contributed by atoms with Crippen LogP contribution in [0.25, 0.3) is 0 Å². The fourth-order valence-electron chi connectivity index (χ4n) is 1.50. The number of rotatable bonds is 3. The van der Waals surface area contributed by atoms with Crippen LogP contribution in [0.4, 0.5) is 5.69 Å². The first kappa shape index (κ1) is 19.4. The van der Waals surface area contributed by atoms with Gasteiger partial charge >= 0.3 is 5.97 Å². The molecule has 7 heteroatoms. The maximum absolute atomic E-state index is 11.1. The van der Waals surface area contributed by atoms with E-state index in [0.29, 0.717) is 11.5 Å². The molecule has 2 rings (SSSR count). The van der Waals surface area contributed by atoms with E-state index in [1.807, 2.05) is 20.0 Å². The molecule has 7 nitrogen and oxygen atoms in total. The number of nitrogens with one attached hydrogen (secondary N) is 1. The molecule has 122 valence electrons. The van der Waals surface area contributed by atoms with Gasteiger partial charge in [-0.25, -0.2) is 9.78 Å². The van der Waals surface area contributed by atoms with Crippen LogP contribution in [0.2, 0.25) is 0 Å². The molecule has 0 aliphatic rings. The summed E-state index contributed by atoms with van der Waals surface area (Å²) in [7, 11) is 6.74. The predicted molar refractivity (Wildman–Crippen MR) is 86.2 cm³/mol. The lowest BCUT2D eigenvalue weighted by atomic mass is 10.4. The first-order chi connectivity index (χ1) is 10.5. The molecular formula is C15H24N4O3. The van der Waals surface area contributed by atoms with Crippen LogP contribution in [0.3, 0.4) is 0 Å². The van der Waals surface area contributed by atoms with Gasteiger partial charge in [0.15, 0.2) is 12.1 Å². The van der Waals surface area contributed by atoms with Gasteiger partial charge in [0.05, 0.1) is 12.8 Å². The van der Waals surface area contributed by atoms with E-state index in [-0.39, 0.29) is 5.97 Å². The zero-order chi connectivity index (χ0) is 17.1. The summed E-state index contributed by atoms with van der Waals surface area (Å²) >= 11 is 0. The summed E-state index contributed by atoms with van der Waals surface area (Å²) in [4.78, 5) is 24.8. The van der Waals surface area contributed by atoms with Gasteiger partial charge in [0.25, 0.3) is 0 Å². The van der Waals surface area contributed by atoms with Crippen LogP contribution in [0, 0.1) is 0 Å². The third-order valence-corrected chi connectivity index (χ3v) is 2.65. The maximum Gasteiger partial charge on any atom is 0.354 e. The highest BCUT2D eigenvalue weighted by molar-refractivity contribution is 5.89. The lowest BCUT2D eigenvalue weighted by Crippen LogP contribution is -2.06. The van der Waals surface area contributed by atoms with E-state index < -0.39 is 0 Å². The molecule has 0 atom stereocenters. The Bertz CT molecular complexity index is 587. The van der Waals surface area contributed by atoms with Crippen molar-refractivity contribution in [2.75, 3.05) is 19.5 Å². The molecule has 0 unspecified atom stereocenters. The number of esters is 1. The van der Waals surface area contributed by atoms with Crippen LogP contribution in [0.1, 0.15) is 35.0 Å². The number of hydrogen-bond acceptors (Lipinski definition) is 5. The Morgan fingerprint density at radius 2 is 1.95 bits per heavy atom. The smallest absolute Gasteiger partial charge is 0.354 e. The lowest BCUT2D eigenvalue weighted by Gasteiger charge is -1.98. The van der Waals surface area contributed by atoms with Crippen molar-refractivity contribution in [3.63, 3.8) is 0 Å². The van der Waals surface area contributed by atoms with E-state index in [0.717, 1.165) is 12.0 Å². The second kappa shape index (κ2) is 10.2. The van der Waals surface area contributed by atoms with Gasteiger partial charge in [0.2, 0.25) is 0 Å². The maximum atomic E-state index is 11.1. The molecule has 2 aromatic heterocycles. The van der Waals surface area contributed by atoms with Crippen molar-refractivity contribution in [3.05, 3.63) is 36.2 Å². The number of carbonyl (C=O) groups excluding carboxylic acids is 2. The van der Waals surface area contributed by atoms with Crippen molar-refractivity contribution >= 4 is 17.9 Å². The number of hydrogen-bond donors (Lipinski definition) is 1. The zero-order valence-corrected chi connectivity index (χ0v) is 14.0. The minimum absolute atomic E-state index is 0.320. The summed E-state index contributed by atoms with van der Waals surface area (Å²) in [6, 6.07) is 1.74. The number of aromatic nitrogens is 3. The molecule has 0 amide bonds. The highest BCUT2D eigenvalue weighted by Gasteiger charge is 2.10. The van der Waals surface area contributed by atoms with Crippen molar-refractivity contribution in [1.82, 2.24) is 14.1 Å². The van der Waals surface area contributed by atoms with Crippen molar-refractivity contribution in [3.8, 4) is 0 Å². The van der Waals surface area contributed by atoms with Gasteiger partial charge in [-0.2, -0.15) is 0 Å². The van der Waals surface area contributed by atoms with Gasteiger partial charge in [-0.05, 0) is 6.07 Å². The predicted octanol–water partition coefficient (Wildman–Crippen LogP) is 2.11. The van der Waals surface area contributed by atoms with Crippen molar-refractivity contribution < 1.29 is 14.3 Å². The van der Waals surface area contributed by atoms with E-state index in [4.69, 9.17) is 0 Å². The molecular weight excluding hydrogens is 284 g/mol. The summed E-state index contributed by atoms with van der Waals surface area (Å²) in [6.45, 7) is 4.00. The quantitative estimate of drug-likeness (QED) is 0.694. The highest BCUT2D eigenvalue weighted by Crippen LogP contribution is 2.12. The van der Waals surface area contributed by atoms with Crippen LogP contribution in [0.15, 0.2) is 24.7 Å². The number of ether oxygens (including phenoxy) is 1. The monoisotopic (exact) mass is 308 g/mol. The molecule has 2 heterocycles. The number of aldehydes is 1. The van der Waals surface area contributed by atoms with Gasteiger partial charge in [-0.15, -0.1) is 0 Å². The topological polar surface area (TPSA) is 78.2 Å². The molecule has 0 aromatic carbocycles. The third-order valence-electron chi connectivity index (χ3n) is 2.65. The minimum Gasteiger partial charge on any atom is -0.464 e. The average Bonchev–Trinajstić information content (AvgIpc) is 3.14. The van der Waals surface area contributed by atoms with Gasteiger partial charge in [0, 0.05) is 39.7 Å². The zero-order valence-electron chi connectivity index (χ0n) is 14.0. The Morgan fingerprint density at radius 3 is 2.27 bits per heavy atom. The number of nitrogens with zero attached hydrogens (tertiary/aromatic N) is 3. The molecule has 0 spiro atoms. The molecule has 22 heavy (non-hydrogen) atoms. The SMILES string of the molecule is CC.CNc1cc(C(=O)OC)n(C)c1.Cn1ccnc1C=O. The number of aryl methyl sites for hydroxylation is 2. The summed E-state index contributed by atoms with van der Waals surface area (Å²) in [5.41, 5.74) is 1.44. The number of methoxy groups -OCH3 is 1. The normalized spacial score (nSPS) is 8.82. The molecule has 2 aromatic rings. The first-order valence-corrected chi connectivity index (χ1v) is 6.88. The molecule has 0 bridgehead atoms. The van der Waals surface area contributed by atoms with Gasteiger partial charge in [0.1, 0.15) is 5.69 Å².